The molecule has 0 radical (unpaired) electrons. The van der Waals surface area contributed by atoms with E-state index in [0.29, 0.717) is 23.1 Å². The summed E-state index contributed by atoms with van der Waals surface area (Å²) in [5.41, 5.74) is 0.682. The number of hydrogen-bond acceptors (Lipinski definition) is 7. The van der Waals surface area contributed by atoms with Gasteiger partial charge >= 0.3 is 5.97 Å². The summed E-state index contributed by atoms with van der Waals surface area (Å²) in [4.78, 5) is 14.8. The second kappa shape index (κ2) is 4.27. The monoisotopic (exact) mass is 240 g/mol. The Morgan fingerprint density at radius 2 is 2.50 bits per heavy atom. The van der Waals surface area contributed by atoms with Crippen LogP contribution in [0.5, 0.6) is 0 Å². The first-order valence-electron chi connectivity index (χ1n) is 4.37. The maximum absolute atomic E-state index is 10.9. The number of carboxylic acid groups (broad SMARTS) is 1. The maximum atomic E-state index is 10.9. The van der Waals surface area contributed by atoms with Crippen molar-refractivity contribution in [2.75, 3.05) is 5.32 Å². The van der Waals surface area contributed by atoms with Crippen LogP contribution in [0.15, 0.2) is 10.9 Å². The molecule has 0 atom stereocenters. The fraction of sp³-hybridized carbons (Fsp3) is 0.250. The van der Waals surface area contributed by atoms with E-state index in [1.54, 1.807) is 6.92 Å². The van der Waals surface area contributed by atoms with Gasteiger partial charge in [0.2, 0.25) is 6.39 Å². The van der Waals surface area contributed by atoms with Gasteiger partial charge in [-0.1, -0.05) is 5.16 Å². The van der Waals surface area contributed by atoms with Gasteiger partial charge in [0, 0.05) is 0 Å². The van der Waals surface area contributed by atoms with Crippen LogP contribution in [-0.2, 0) is 6.54 Å². The molecule has 2 aromatic rings. The van der Waals surface area contributed by atoms with Crippen molar-refractivity contribution >= 4 is 22.5 Å². The molecule has 8 heteroatoms. The Morgan fingerprint density at radius 3 is 3.12 bits per heavy atom. The number of carboxylic acids is 1. The van der Waals surface area contributed by atoms with E-state index in [9.17, 15) is 4.79 Å². The third-order valence-electron chi connectivity index (χ3n) is 1.89. The van der Waals surface area contributed by atoms with Crippen LogP contribution in [-0.4, -0.2) is 25.6 Å². The SMILES string of the molecule is Cc1nsc(NCc2ncon2)c1C(=O)O. The van der Waals surface area contributed by atoms with Crippen LogP contribution in [0.1, 0.15) is 21.9 Å². The van der Waals surface area contributed by atoms with Gasteiger partial charge in [0.1, 0.15) is 10.6 Å². The molecule has 16 heavy (non-hydrogen) atoms. The summed E-state index contributed by atoms with van der Waals surface area (Å²) >= 11 is 1.10. The van der Waals surface area contributed by atoms with Gasteiger partial charge in [-0.15, -0.1) is 0 Å². The molecule has 2 N–H and O–H groups in total. The summed E-state index contributed by atoms with van der Waals surface area (Å²) in [5.74, 6) is -0.538. The Balaban J connectivity index is 2.13. The fourth-order valence-electron chi connectivity index (χ4n) is 1.17. The minimum Gasteiger partial charge on any atom is -0.478 e. The molecule has 0 bridgehead atoms. The third-order valence-corrected chi connectivity index (χ3v) is 2.79. The number of aryl methyl sites for hydroxylation is 1. The van der Waals surface area contributed by atoms with Gasteiger partial charge in [0.25, 0.3) is 0 Å². The van der Waals surface area contributed by atoms with E-state index in [1.165, 1.54) is 6.39 Å². The summed E-state index contributed by atoms with van der Waals surface area (Å²) < 4.78 is 8.53. The van der Waals surface area contributed by atoms with Crippen LogP contribution < -0.4 is 5.32 Å². The first-order valence-corrected chi connectivity index (χ1v) is 5.14. The van der Waals surface area contributed by atoms with Crippen molar-refractivity contribution in [1.29, 1.82) is 0 Å². The molecule has 0 saturated carbocycles. The maximum Gasteiger partial charge on any atom is 0.340 e. The normalized spacial score (nSPS) is 10.3. The van der Waals surface area contributed by atoms with Crippen molar-refractivity contribution in [3.63, 3.8) is 0 Å². The predicted molar refractivity (Wildman–Crippen MR) is 55.4 cm³/mol. The van der Waals surface area contributed by atoms with Gasteiger partial charge < -0.3 is 14.9 Å². The van der Waals surface area contributed by atoms with E-state index in [0.717, 1.165) is 11.5 Å². The highest BCUT2D eigenvalue weighted by molar-refractivity contribution is 7.10. The number of nitrogens with one attached hydrogen (secondary N) is 1. The van der Waals surface area contributed by atoms with Crippen molar-refractivity contribution in [1.82, 2.24) is 14.5 Å². The lowest BCUT2D eigenvalue weighted by atomic mass is 10.2. The fourth-order valence-corrected chi connectivity index (χ4v) is 1.95. The van der Waals surface area contributed by atoms with Gasteiger partial charge in [0.15, 0.2) is 5.82 Å². The molecule has 84 valence electrons. The van der Waals surface area contributed by atoms with Crippen LogP contribution in [0.2, 0.25) is 0 Å². The molecule has 0 aromatic carbocycles. The molecule has 7 nitrogen and oxygen atoms in total. The Hall–Kier alpha value is -1.96. The Bertz CT molecular complexity index is 493. The molecule has 0 fully saturated rings. The van der Waals surface area contributed by atoms with Gasteiger partial charge in [0.05, 0.1) is 12.2 Å². The van der Waals surface area contributed by atoms with Gasteiger partial charge in [-0.3, -0.25) is 0 Å². The van der Waals surface area contributed by atoms with Crippen LogP contribution in [0.3, 0.4) is 0 Å². The van der Waals surface area contributed by atoms with Gasteiger partial charge in [-0.25, -0.2) is 4.79 Å². The molecule has 2 heterocycles. The van der Waals surface area contributed by atoms with E-state index in [1.807, 2.05) is 0 Å². The predicted octanol–water partition coefficient (Wildman–Crippen LogP) is 1.14. The highest BCUT2D eigenvalue weighted by atomic mass is 32.1. The molecule has 0 unspecified atom stereocenters. The molecule has 0 saturated heterocycles. The molecular formula is C8H8N4O3S. The molecular weight excluding hydrogens is 232 g/mol. The first kappa shape index (κ1) is 10.6. The van der Waals surface area contributed by atoms with Gasteiger partial charge in [-0.2, -0.15) is 9.36 Å². The summed E-state index contributed by atoms with van der Waals surface area (Å²) in [6, 6.07) is 0. The van der Waals surface area contributed by atoms with E-state index in [-0.39, 0.29) is 5.56 Å². The summed E-state index contributed by atoms with van der Waals surface area (Å²) in [7, 11) is 0. The summed E-state index contributed by atoms with van der Waals surface area (Å²) in [5, 5.41) is 16.0. The zero-order chi connectivity index (χ0) is 11.5. The van der Waals surface area contributed by atoms with E-state index in [4.69, 9.17) is 5.11 Å². The standard InChI is InChI=1S/C8H8N4O3S/c1-4-6(8(13)14)7(16-12-4)9-2-5-10-3-15-11-5/h3,9H,2H2,1H3,(H,13,14). The Morgan fingerprint density at radius 1 is 1.69 bits per heavy atom. The Labute approximate surface area is 94.3 Å². The molecule has 0 spiro atoms. The van der Waals surface area contributed by atoms with Crippen LogP contribution in [0.25, 0.3) is 0 Å². The number of hydrogen-bond donors (Lipinski definition) is 2. The number of carbonyl (C=O) groups is 1. The molecule has 2 rings (SSSR count). The molecule has 2 aromatic heterocycles. The second-order valence-corrected chi connectivity index (χ2v) is 3.75. The Kier molecular flexibility index (Phi) is 2.82. The molecule has 0 amide bonds. The van der Waals surface area contributed by atoms with Crippen LogP contribution in [0, 0.1) is 6.92 Å². The second-order valence-electron chi connectivity index (χ2n) is 2.98. The largest absolute Gasteiger partial charge is 0.478 e. The quantitative estimate of drug-likeness (QED) is 0.826. The number of aromatic carboxylic acids is 1. The number of aromatic nitrogens is 3. The van der Waals surface area contributed by atoms with Crippen molar-refractivity contribution in [3.8, 4) is 0 Å². The first-order chi connectivity index (χ1) is 7.68. The van der Waals surface area contributed by atoms with Crippen molar-refractivity contribution < 1.29 is 14.4 Å². The average Bonchev–Trinajstić information content (AvgIpc) is 2.83. The number of nitrogens with zero attached hydrogens (tertiary/aromatic N) is 3. The number of rotatable bonds is 4. The topological polar surface area (TPSA) is 101 Å². The summed E-state index contributed by atoms with van der Waals surface area (Å²) in [6.45, 7) is 1.96. The van der Waals surface area contributed by atoms with Crippen molar-refractivity contribution in [2.45, 2.75) is 13.5 Å². The lowest BCUT2D eigenvalue weighted by Gasteiger charge is -2.00. The zero-order valence-electron chi connectivity index (χ0n) is 8.30. The third kappa shape index (κ3) is 2.01. The minimum atomic E-state index is -0.998. The lowest BCUT2D eigenvalue weighted by molar-refractivity contribution is 0.0697. The lowest BCUT2D eigenvalue weighted by Crippen LogP contribution is -2.05. The van der Waals surface area contributed by atoms with E-state index < -0.39 is 5.97 Å². The average molecular weight is 240 g/mol. The highest BCUT2D eigenvalue weighted by Gasteiger charge is 2.17. The highest BCUT2D eigenvalue weighted by Crippen LogP contribution is 2.24. The smallest absolute Gasteiger partial charge is 0.340 e. The van der Waals surface area contributed by atoms with Crippen LogP contribution >= 0.6 is 11.5 Å². The summed E-state index contributed by atoms with van der Waals surface area (Å²) in [6.07, 6.45) is 1.22. The van der Waals surface area contributed by atoms with Crippen molar-refractivity contribution in [3.05, 3.63) is 23.5 Å². The molecule has 0 aliphatic rings. The zero-order valence-corrected chi connectivity index (χ0v) is 9.11. The van der Waals surface area contributed by atoms with Crippen molar-refractivity contribution in [2.24, 2.45) is 0 Å². The van der Waals surface area contributed by atoms with Crippen LogP contribution in [0.4, 0.5) is 5.00 Å². The molecule has 0 aliphatic carbocycles. The number of anilines is 1. The molecule has 0 aliphatic heterocycles. The van der Waals surface area contributed by atoms with Gasteiger partial charge in [-0.05, 0) is 18.5 Å². The van der Waals surface area contributed by atoms with E-state index in [2.05, 4.69) is 24.4 Å². The minimum absolute atomic E-state index is 0.188. The van der Waals surface area contributed by atoms with E-state index >= 15 is 0 Å².